The van der Waals surface area contributed by atoms with E-state index in [0.29, 0.717) is 22.8 Å². The summed E-state index contributed by atoms with van der Waals surface area (Å²) in [5.74, 6) is -0.0414. The van der Waals surface area contributed by atoms with E-state index >= 15 is 0 Å². The highest BCUT2D eigenvalue weighted by molar-refractivity contribution is 7.99. The Balaban J connectivity index is 1.35. The van der Waals surface area contributed by atoms with Crippen molar-refractivity contribution < 1.29 is 9.59 Å². The van der Waals surface area contributed by atoms with E-state index in [9.17, 15) is 9.59 Å². The molecule has 2 aromatic heterocycles. The Morgan fingerprint density at radius 1 is 1.03 bits per heavy atom. The van der Waals surface area contributed by atoms with Gasteiger partial charge in [-0.05, 0) is 47.8 Å². The SMILES string of the molecule is C=CCn1c(SCC(=O)Nc2ccc(NC(=O)c3cccs3)cc2)nc2ccccc21. The van der Waals surface area contributed by atoms with Crippen molar-refractivity contribution in [2.45, 2.75) is 11.7 Å². The Labute approximate surface area is 188 Å². The summed E-state index contributed by atoms with van der Waals surface area (Å²) in [5.41, 5.74) is 3.25. The van der Waals surface area contributed by atoms with Crippen molar-refractivity contribution in [3.63, 3.8) is 0 Å². The lowest BCUT2D eigenvalue weighted by atomic mass is 10.2. The molecule has 0 unspecified atom stereocenters. The van der Waals surface area contributed by atoms with E-state index in [1.54, 1.807) is 30.3 Å². The number of nitrogens with one attached hydrogen (secondary N) is 2. The molecule has 4 rings (SSSR count). The molecule has 8 heteroatoms. The first kappa shape index (κ1) is 20.9. The first-order chi connectivity index (χ1) is 15.1. The number of rotatable bonds is 8. The standard InChI is InChI=1S/C23H20N4O2S2/c1-2-13-27-19-7-4-3-6-18(19)26-23(27)31-15-21(28)24-16-9-11-17(12-10-16)25-22(29)20-8-5-14-30-20/h2-12,14H,1,13,15H2,(H,24,28)(H,25,29). The number of hydrogen-bond donors (Lipinski definition) is 2. The van der Waals surface area contributed by atoms with E-state index in [2.05, 4.69) is 22.2 Å². The van der Waals surface area contributed by atoms with Gasteiger partial charge >= 0.3 is 0 Å². The second kappa shape index (κ2) is 9.63. The molecule has 0 saturated heterocycles. The predicted molar refractivity (Wildman–Crippen MR) is 128 cm³/mol. The molecule has 156 valence electrons. The lowest BCUT2D eigenvalue weighted by molar-refractivity contribution is -0.113. The Morgan fingerprint density at radius 3 is 2.48 bits per heavy atom. The van der Waals surface area contributed by atoms with Crippen LogP contribution < -0.4 is 10.6 Å². The number of anilines is 2. The lowest BCUT2D eigenvalue weighted by Gasteiger charge is -2.08. The Morgan fingerprint density at radius 2 is 1.77 bits per heavy atom. The number of amides is 2. The third-order valence-electron chi connectivity index (χ3n) is 4.44. The first-order valence-corrected chi connectivity index (χ1v) is 11.4. The zero-order valence-corrected chi connectivity index (χ0v) is 18.2. The average molecular weight is 449 g/mol. The van der Waals surface area contributed by atoms with Crippen LogP contribution in [0, 0.1) is 0 Å². The number of thiophene rings is 1. The van der Waals surface area contributed by atoms with E-state index in [0.717, 1.165) is 16.2 Å². The van der Waals surface area contributed by atoms with Gasteiger partial charge in [-0.25, -0.2) is 4.98 Å². The minimum absolute atomic E-state index is 0.127. The van der Waals surface area contributed by atoms with Crippen LogP contribution in [-0.4, -0.2) is 27.1 Å². The summed E-state index contributed by atoms with van der Waals surface area (Å²) in [5, 5.41) is 8.36. The normalized spacial score (nSPS) is 10.7. The van der Waals surface area contributed by atoms with Gasteiger partial charge in [0, 0.05) is 17.9 Å². The van der Waals surface area contributed by atoms with Gasteiger partial charge in [-0.3, -0.25) is 9.59 Å². The van der Waals surface area contributed by atoms with Gasteiger partial charge in [0.2, 0.25) is 5.91 Å². The van der Waals surface area contributed by atoms with Crippen LogP contribution in [0.25, 0.3) is 11.0 Å². The number of carbonyl (C=O) groups is 2. The number of fused-ring (bicyclic) bond motifs is 1. The molecule has 0 radical (unpaired) electrons. The van der Waals surface area contributed by atoms with Gasteiger partial charge in [0.05, 0.1) is 21.7 Å². The maximum Gasteiger partial charge on any atom is 0.265 e. The van der Waals surface area contributed by atoms with Gasteiger partial charge in [0.25, 0.3) is 5.91 Å². The molecule has 0 saturated carbocycles. The predicted octanol–water partition coefficient (Wildman–Crippen LogP) is 5.27. The van der Waals surface area contributed by atoms with Crippen molar-refractivity contribution in [3.05, 3.63) is 83.6 Å². The molecular weight excluding hydrogens is 428 g/mol. The van der Waals surface area contributed by atoms with Crippen molar-refractivity contribution in [2.75, 3.05) is 16.4 Å². The second-order valence-corrected chi connectivity index (χ2v) is 8.52. The van der Waals surface area contributed by atoms with Crippen LogP contribution >= 0.6 is 23.1 Å². The highest BCUT2D eigenvalue weighted by Crippen LogP contribution is 2.24. The summed E-state index contributed by atoms with van der Waals surface area (Å²) in [6.45, 7) is 4.44. The molecule has 0 spiro atoms. The van der Waals surface area contributed by atoms with Crippen LogP contribution in [-0.2, 0) is 11.3 Å². The van der Waals surface area contributed by atoms with Crippen LogP contribution in [0.4, 0.5) is 11.4 Å². The zero-order chi connectivity index (χ0) is 21.6. The lowest BCUT2D eigenvalue weighted by Crippen LogP contribution is -2.15. The Bertz CT molecular complexity index is 1210. The smallest absolute Gasteiger partial charge is 0.265 e. The molecule has 0 aliphatic carbocycles. The number of benzene rings is 2. The van der Waals surface area contributed by atoms with Crippen molar-refractivity contribution in [2.24, 2.45) is 0 Å². The molecule has 0 atom stereocenters. The molecule has 2 amide bonds. The Hall–Kier alpha value is -3.36. The summed E-state index contributed by atoms with van der Waals surface area (Å²) < 4.78 is 2.05. The molecule has 0 bridgehead atoms. The third kappa shape index (κ3) is 5.04. The van der Waals surface area contributed by atoms with Crippen LogP contribution in [0.1, 0.15) is 9.67 Å². The number of hydrogen-bond acceptors (Lipinski definition) is 5. The monoisotopic (exact) mass is 448 g/mol. The van der Waals surface area contributed by atoms with Gasteiger partial charge in [0.1, 0.15) is 0 Å². The van der Waals surface area contributed by atoms with Gasteiger partial charge < -0.3 is 15.2 Å². The van der Waals surface area contributed by atoms with Crippen molar-refractivity contribution in [3.8, 4) is 0 Å². The summed E-state index contributed by atoms with van der Waals surface area (Å²) >= 11 is 2.77. The number of nitrogens with zero attached hydrogens (tertiary/aromatic N) is 2. The van der Waals surface area contributed by atoms with Gasteiger partial charge in [-0.1, -0.05) is 36.0 Å². The number of imidazole rings is 1. The highest BCUT2D eigenvalue weighted by Gasteiger charge is 2.12. The van der Waals surface area contributed by atoms with Gasteiger partial charge in [-0.2, -0.15) is 0 Å². The fourth-order valence-corrected chi connectivity index (χ4v) is 4.48. The topological polar surface area (TPSA) is 76.0 Å². The number of carbonyl (C=O) groups excluding carboxylic acids is 2. The number of aromatic nitrogens is 2. The largest absolute Gasteiger partial charge is 0.325 e. The van der Waals surface area contributed by atoms with E-state index < -0.39 is 0 Å². The molecule has 0 aliphatic heterocycles. The minimum Gasteiger partial charge on any atom is -0.325 e. The van der Waals surface area contributed by atoms with Crippen LogP contribution in [0.15, 0.2) is 83.9 Å². The molecule has 2 aromatic carbocycles. The first-order valence-electron chi connectivity index (χ1n) is 9.58. The van der Waals surface area contributed by atoms with Crippen LogP contribution in [0.2, 0.25) is 0 Å². The van der Waals surface area contributed by atoms with Crippen molar-refractivity contribution in [1.82, 2.24) is 9.55 Å². The number of para-hydroxylation sites is 2. The average Bonchev–Trinajstić information content (AvgIpc) is 3.43. The molecular formula is C23H20N4O2S2. The third-order valence-corrected chi connectivity index (χ3v) is 6.28. The maximum absolute atomic E-state index is 12.4. The van der Waals surface area contributed by atoms with Crippen LogP contribution in [0.3, 0.4) is 0 Å². The van der Waals surface area contributed by atoms with Crippen molar-refractivity contribution >= 4 is 57.3 Å². The van der Waals surface area contributed by atoms with Gasteiger partial charge in [-0.15, -0.1) is 17.9 Å². The molecule has 2 N–H and O–H groups in total. The molecule has 31 heavy (non-hydrogen) atoms. The van der Waals surface area contributed by atoms with E-state index in [1.807, 2.05) is 46.4 Å². The molecule has 4 aromatic rings. The Kier molecular flexibility index (Phi) is 6.49. The van der Waals surface area contributed by atoms with E-state index in [4.69, 9.17) is 0 Å². The van der Waals surface area contributed by atoms with Crippen LogP contribution in [0.5, 0.6) is 0 Å². The summed E-state index contributed by atoms with van der Waals surface area (Å²) in [6.07, 6.45) is 1.82. The number of allylic oxidation sites excluding steroid dienone is 1. The molecule has 2 heterocycles. The van der Waals surface area contributed by atoms with Gasteiger partial charge in [0.15, 0.2) is 5.16 Å². The van der Waals surface area contributed by atoms with E-state index in [-0.39, 0.29) is 17.6 Å². The highest BCUT2D eigenvalue weighted by atomic mass is 32.2. The fraction of sp³-hybridized carbons (Fsp3) is 0.0870. The maximum atomic E-state index is 12.4. The zero-order valence-electron chi connectivity index (χ0n) is 16.6. The van der Waals surface area contributed by atoms with E-state index in [1.165, 1.54) is 23.1 Å². The fourth-order valence-electron chi connectivity index (χ4n) is 3.03. The second-order valence-electron chi connectivity index (χ2n) is 6.63. The quantitative estimate of drug-likeness (QED) is 0.285. The number of thioether (sulfide) groups is 1. The molecule has 0 aliphatic rings. The minimum atomic E-state index is -0.148. The summed E-state index contributed by atoms with van der Waals surface area (Å²) in [6, 6.07) is 18.5. The molecule has 6 nitrogen and oxygen atoms in total. The molecule has 0 fully saturated rings. The van der Waals surface area contributed by atoms with Crippen molar-refractivity contribution in [1.29, 1.82) is 0 Å². The summed E-state index contributed by atoms with van der Waals surface area (Å²) in [4.78, 5) is 29.8. The summed E-state index contributed by atoms with van der Waals surface area (Å²) in [7, 11) is 0.